The van der Waals surface area contributed by atoms with Crippen molar-refractivity contribution in [2.45, 2.75) is 51.7 Å². The van der Waals surface area contributed by atoms with Crippen molar-refractivity contribution in [3.05, 3.63) is 35.6 Å². The summed E-state index contributed by atoms with van der Waals surface area (Å²) in [6.07, 6.45) is 4.07. The van der Waals surface area contributed by atoms with E-state index in [1.165, 1.54) is 10.9 Å². The van der Waals surface area contributed by atoms with Crippen LogP contribution in [0, 0.1) is 5.92 Å². The van der Waals surface area contributed by atoms with Gasteiger partial charge in [0.1, 0.15) is 11.3 Å². The van der Waals surface area contributed by atoms with Gasteiger partial charge >= 0.3 is 0 Å². The van der Waals surface area contributed by atoms with E-state index >= 15 is 0 Å². The van der Waals surface area contributed by atoms with Crippen LogP contribution in [0.3, 0.4) is 0 Å². The fraction of sp³-hybridized carbons (Fsp3) is 0.556. The molecule has 0 saturated heterocycles. The van der Waals surface area contributed by atoms with Crippen molar-refractivity contribution in [2.24, 2.45) is 5.92 Å². The fourth-order valence-corrected chi connectivity index (χ4v) is 3.51. The SMILES string of the molecule is CCc1c(C(C)NCC2CCCC2O)oc2ccccc12. The van der Waals surface area contributed by atoms with Gasteiger partial charge in [-0.2, -0.15) is 0 Å². The summed E-state index contributed by atoms with van der Waals surface area (Å²) in [6, 6.07) is 8.43. The van der Waals surface area contributed by atoms with E-state index in [0.717, 1.165) is 43.6 Å². The first kappa shape index (κ1) is 14.6. The molecule has 1 saturated carbocycles. The van der Waals surface area contributed by atoms with Gasteiger partial charge < -0.3 is 14.8 Å². The Balaban J connectivity index is 1.76. The molecule has 0 bridgehead atoms. The largest absolute Gasteiger partial charge is 0.459 e. The summed E-state index contributed by atoms with van der Waals surface area (Å²) in [7, 11) is 0. The molecule has 0 amide bonds. The number of furan rings is 1. The molecule has 2 N–H and O–H groups in total. The Hall–Kier alpha value is -1.32. The highest BCUT2D eigenvalue weighted by Gasteiger charge is 2.26. The predicted octanol–water partition coefficient (Wildman–Crippen LogP) is 3.81. The van der Waals surface area contributed by atoms with Crippen molar-refractivity contribution in [3.63, 3.8) is 0 Å². The first-order valence-electron chi connectivity index (χ1n) is 8.12. The summed E-state index contributed by atoms with van der Waals surface area (Å²) >= 11 is 0. The molecule has 0 radical (unpaired) electrons. The number of fused-ring (bicyclic) bond motifs is 1. The molecule has 21 heavy (non-hydrogen) atoms. The minimum Gasteiger partial charge on any atom is -0.459 e. The molecule has 1 aromatic heterocycles. The van der Waals surface area contributed by atoms with Gasteiger partial charge in [0, 0.05) is 17.5 Å². The van der Waals surface area contributed by atoms with Crippen LogP contribution in [0.4, 0.5) is 0 Å². The third-order valence-corrected chi connectivity index (χ3v) is 4.78. The lowest BCUT2D eigenvalue weighted by Crippen LogP contribution is -2.29. The van der Waals surface area contributed by atoms with Crippen LogP contribution in [0.2, 0.25) is 0 Å². The second-order valence-corrected chi connectivity index (χ2v) is 6.18. The molecular weight excluding hydrogens is 262 g/mol. The van der Waals surface area contributed by atoms with Crippen LogP contribution in [0.25, 0.3) is 11.0 Å². The maximum absolute atomic E-state index is 9.92. The van der Waals surface area contributed by atoms with E-state index in [-0.39, 0.29) is 12.1 Å². The zero-order valence-electron chi connectivity index (χ0n) is 12.9. The van der Waals surface area contributed by atoms with Gasteiger partial charge in [0.15, 0.2) is 0 Å². The summed E-state index contributed by atoms with van der Waals surface area (Å²) in [5.41, 5.74) is 2.27. The quantitative estimate of drug-likeness (QED) is 0.879. The van der Waals surface area contributed by atoms with Gasteiger partial charge in [-0.25, -0.2) is 0 Å². The molecule has 3 atom stereocenters. The maximum atomic E-state index is 9.92. The number of aliphatic hydroxyl groups is 1. The Morgan fingerprint density at radius 1 is 1.33 bits per heavy atom. The van der Waals surface area contributed by atoms with Crippen LogP contribution in [0.5, 0.6) is 0 Å². The monoisotopic (exact) mass is 287 g/mol. The summed E-state index contributed by atoms with van der Waals surface area (Å²) in [5, 5.41) is 14.7. The highest BCUT2D eigenvalue weighted by molar-refractivity contribution is 5.82. The number of hydrogen-bond donors (Lipinski definition) is 2. The first-order valence-corrected chi connectivity index (χ1v) is 8.12. The third-order valence-electron chi connectivity index (χ3n) is 4.78. The van der Waals surface area contributed by atoms with Gasteiger partial charge in [-0.1, -0.05) is 31.5 Å². The van der Waals surface area contributed by atoms with Crippen molar-refractivity contribution >= 4 is 11.0 Å². The minimum absolute atomic E-state index is 0.133. The third kappa shape index (κ3) is 2.85. The highest BCUT2D eigenvalue weighted by Crippen LogP contribution is 2.31. The van der Waals surface area contributed by atoms with Crippen LogP contribution < -0.4 is 5.32 Å². The van der Waals surface area contributed by atoms with E-state index in [1.54, 1.807) is 0 Å². The molecule has 1 aliphatic rings. The molecule has 1 aliphatic carbocycles. The Kier molecular flexibility index (Phi) is 4.32. The topological polar surface area (TPSA) is 45.4 Å². The zero-order valence-corrected chi connectivity index (χ0v) is 12.9. The number of para-hydroxylation sites is 1. The van der Waals surface area contributed by atoms with E-state index in [2.05, 4.69) is 31.3 Å². The summed E-state index contributed by atoms with van der Waals surface area (Å²) in [6.45, 7) is 5.19. The number of nitrogens with one attached hydrogen (secondary N) is 1. The normalized spacial score (nSPS) is 23.8. The Bertz CT molecular complexity index is 604. The molecule has 0 spiro atoms. The smallest absolute Gasteiger partial charge is 0.134 e. The number of rotatable bonds is 5. The van der Waals surface area contributed by atoms with Gasteiger partial charge in [0.05, 0.1) is 12.1 Å². The second-order valence-electron chi connectivity index (χ2n) is 6.18. The molecule has 2 aromatic rings. The lowest BCUT2D eigenvalue weighted by atomic mass is 10.0. The molecule has 1 fully saturated rings. The van der Waals surface area contributed by atoms with Crippen molar-refractivity contribution in [3.8, 4) is 0 Å². The van der Waals surface area contributed by atoms with Crippen molar-refractivity contribution in [1.29, 1.82) is 0 Å². The van der Waals surface area contributed by atoms with Gasteiger partial charge in [-0.05, 0) is 38.2 Å². The van der Waals surface area contributed by atoms with Crippen molar-refractivity contribution in [1.82, 2.24) is 5.32 Å². The summed E-state index contributed by atoms with van der Waals surface area (Å²) < 4.78 is 6.07. The average molecular weight is 287 g/mol. The standard InChI is InChI=1S/C18H25NO2/c1-3-14-15-8-4-5-10-17(15)21-18(14)12(2)19-11-13-7-6-9-16(13)20/h4-5,8,10,12-13,16,19-20H,3,6-7,9,11H2,1-2H3. The molecule has 0 aliphatic heterocycles. The van der Waals surface area contributed by atoms with E-state index in [9.17, 15) is 5.11 Å². The molecule has 3 rings (SSSR count). The lowest BCUT2D eigenvalue weighted by molar-refractivity contribution is 0.129. The van der Waals surface area contributed by atoms with Crippen LogP contribution in [0.1, 0.15) is 50.5 Å². The zero-order chi connectivity index (χ0) is 14.8. The van der Waals surface area contributed by atoms with Gasteiger partial charge in [-0.3, -0.25) is 0 Å². The first-order chi connectivity index (χ1) is 10.2. The van der Waals surface area contributed by atoms with Crippen LogP contribution in [-0.2, 0) is 6.42 Å². The minimum atomic E-state index is -0.133. The van der Waals surface area contributed by atoms with E-state index in [1.807, 2.05) is 12.1 Å². The molecule has 1 aromatic carbocycles. The molecule has 3 unspecified atom stereocenters. The Morgan fingerprint density at radius 3 is 2.86 bits per heavy atom. The number of aryl methyl sites for hydroxylation is 1. The highest BCUT2D eigenvalue weighted by atomic mass is 16.3. The summed E-state index contributed by atoms with van der Waals surface area (Å²) in [4.78, 5) is 0. The van der Waals surface area contributed by atoms with Crippen molar-refractivity contribution in [2.75, 3.05) is 6.54 Å². The van der Waals surface area contributed by atoms with E-state index in [4.69, 9.17) is 4.42 Å². The van der Waals surface area contributed by atoms with Crippen molar-refractivity contribution < 1.29 is 9.52 Å². The second kappa shape index (κ2) is 6.20. The van der Waals surface area contributed by atoms with Gasteiger partial charge in [-0.15, -0.1) is 0 Å². The van der Waals surface area contributed by atoms with Crippen LogP contribution >= 0.6 is 0 Å². The van der Waals surface area contributed by atoms with E-state index in [0.29, 0.717) is 5.92 Å². The molecular formula is C18H25NO2. The molecule has 3 heteroatoms. The summed E-state index contributed by atoms with van der Waals surface area (Å²) in [5.74, 6) is 1.44. The molecule has 114 valence electrons. The number of benzene rings is 1. The average Bonchev–Trinajstić information content (AvgIpc) is 3.07. The van der Waals surface area contributed by atoms with Gasteiger partial charge in [0.25, 0.3) is 0 Å². The Morgan fingerprint density at radius 2 is 2.14 bits per heavy atom. The van der Waals surface area contributed by atoms with E-state index < -0.39 is 0 Å². The van der Waals surface area contributed by atoms with Gasteiger partial charge in [0.2, 0.25) is 0 Å². The van der Waals surface area contributed by atoms with Crippen LogP contribution in [0.15, 0.2) is 28.7 Å². The number of hydrogen-bond acceptors (Lipinski definition) is 3. The molecule has 3 nitrogen and oxygen atoms in total. The Labute approximate surface area is 126 Å². The maximum Gasteiger partial charge on any atom is 0.134 e. The fourth-order valence-electron chi connectivity index (χ4n) is 3.51. The lowest BCUT2D eigenvalue weighted by Gasteiger charge is -2.19. The van der Waals surface area contributed by atoms with Crippen LogP contribution in [-0.4, -0.2) is 17.8 Å². The molecule has 1 heterocycles. The number of aliphatic hydroxyl groups excluding tert-OH is 1. The predicted molar refractivity (Wildman–Crippen MR) is 85.4 cm³/mol.